The van der Waals surface area contributed by atoms with Crippen LogP contribution in [0.4, 0.5) is 0 Å². The first-order valence-electron chi connectivity index (χ1n) is 7.12. The first kappa shape index (κ1) is 17.0. The Morgan fingerprint density at radius 3 is 2.70 bits per heavy atom. The number of hydrogen-bond acceptors (Lipinski definition) is 2. The van der Waals surface area contributed by atoms with Crippen LogP contribution in [0.3, 0.4) is 0 Å². The molecule has 0 saturated heterocycles. The van der Waals surface area contributed by atoms with Crippen LogP contribution in [0.25, 0.3) is 0 Å². The molecule has 0 spiro atoms. The molecule has 0 bridgehead atoms. The summed E-state index contributed by atoms with van der Waals surface area (Å²) in [6.07, 6.45) is 4.39. The van der Waals surface area contributed by atoms with Crippen LogP contribution in [0, 0.1) is 5.92 Å². The van der Waals surface area contributed by atoms with Crippen LogP contribution in [-0.2, 0) is 11.2 Å². The molecular formula is C16H24ClNO2. The number of carbonyl (C=O) groups is 1. The van der Waals surface area contributed by atoms with Gasteiger partial charge in [0.15, 0.2) is 0 Å². The van der Waals surface area contributed by atoms with Gasteiger partial charge in [-0.05, 0) is 56.2 Å². The molecule has 1 rings (SSSR count). The number of aryl methyl sites for hydroxylation is 1. The van der Waals surface area contributed by atoms with Crippen molar-refractivity contribution in [2.24, 2.45) is 11.7 Å². The van der Waals surface area contributed by atoms with Crippen LogP contribution >= 0.6 is 11.6 Å². The van der Waals surface area contributed by atoms with E-state index in [0.717, 1.165) is 30.7 Å². The Hall–Kier alpha value is -1.06. The average Bonchev–Trinajstić information content (AvgIpc) is 2.38. The summed E-state index contributed by atoms with van der Waals surface area (Å²) in [6.45, 7) is 3.72. The Bertz CT molecular complexity index is 446. The molecule has 3 N–H and O–H groups in total. The van der Waals surface area contributed by atoms with E-state index in [2.05, 4.69) is 13.0 Å². The molecule has 20 heavy (non-hydrogen) atoms. The molecule has 0 amide bonds. The van der Waals surface area contributed by atoms with Crippen molar-refractivity contribution in [2.75, 3.05) is 0 Å². The second-order valence-corrected chi connectivity index (χ2v) is 6.14. The summed E-state index contributed by atoms with van der Waals surface area (Å²) in [5, 5.41) is 9.79. The maximum atomic E-state index is 11.0. The van der Waals surface area contributed by atoms with Gasteiger partial charge in [-0.3, -0.25) is 4.79 Å². The zero-order valence-electron chi connectivity index (χ0n) is 12.2. The monoisotopic (exact) mass is 297 g/mol. The van der Waals surface area contributed by atoms with E-state index in [-0.39, 0.29) is 0 Å². The molecule has 0 heterocycles. The molecule has 2 unspecified atom stereocenters. The largest absolute Gasteiger partial charge is 0.480 e. The SMILES string of the molecule is CCC(CCc1cccc(Cl)c1)CCC(C)(N)C(=O)O. The standard InChI is InChI=1S/C16H24ClNO2/c1-3-12(9-10-16(2,18)15(19)20)7-8-13-5-4-6-14(17)11-13/h4-6,11-12H,3,7-10,18H2,1-2H3,(H,19,20). The zero-order chi connectivity index (χ0) is 15.2. The van der Waals surface area contributed by atoms with E-state index >= 15 is 0 Å². The Kier molecular flexibility index (Phi) is 6.50. The summed E-state index contributed by atoms with van der Waals surface area (Å²) >= 11 is 5.97. The van der Waals surface area contributed by atoms with Crippen LogP contribution in [0.1, 0.15) is 45.1 Å². The van der Waals surface area contributed by atoms with Crippen molar-refractivity contribution in [3.63, 3.8) is 0 Å². The molecule has 0 radical (unpaired) electrons. The van der Waals surface area contributed by atoms with Crippen molar-refractivity contribution in [1.82, 2.24) is 0 Å². The summed E-state index contributed by atoms with van der Waals surface area (Å²) in [6, 6.07) is 7.89. The number of rotatable bonds is 8. The first-order valence-corrected chi connectivity index (χ1v) is 7.49. The Morgan fingerprint density at radius 1 is 1.45 bits per heavy atom. The second-order valence-electron chi connectivity index (χ2n) is 5.70. The summed E-state index contributed by atoms with van der Waals surface area (Å²) in [4.78, 5) is 11.0. The van der Waals surface area contributed by atoms with Gasteiger partial charge < -0.3 is 10.8 Å². The molecule has 0 aromatic heterocycles. The van der Waals surface area contributed by atoms with E-state index in [1.54, 1.807) is 6.92 Å². The molecule has 0 aliphatic carbocycles. The normalized spacial score (nSPS) is 15.6. The Labute approximate surface area is 126 Å². The molecule has 3 nitrogen and oxygen atoms in total. The summed E-state index contributed by atoms with van der Waals surface area (Å²) in [5.74, 6) is -0.432. The second kappa shape index (κ2) is 7.65. The third-order valence-electron chi connectivity index (χ3n) is 3.87. The molecule has 4 heteroatoms. The first-order chi connectivity index (χ1) is 9.35. The van der Waals surface area contributed by atoms with Crippen LogP contribution in [-0.4, -0.2) is 16.6 Å². The fourth-order valence-corrected chi connectivity index (χ4v) is 2.44. The van der Waals surface area contributed by atoms with Gasteiger partial charge in [-0.2, -0.15) is 0 Å². The van der Waals surface area contributed by atoms with Gasteiger partial charge in [0.1, 0.15) is 5.54 Å². The summed E-state index contributed by atoms with van der Waals surface area (Å²) in [5.41, 5.74) is 5.88. The van der Waals surface area contributed by atoms with Crippen molar-refractivity contribution < 1.29 is 9.90 Å². The van der Waals surface area contributed by atoms with E-state index in [4.69, 9.17) is 22.4 Å². The topological polar surface area (TPSA) is 63.3 Å². The lowest BCUT2D eigenvalue weighted by molar-refractivity contribution is -0.143. The lowest BCUT2D eigenvalue weighted by Crippen LogP contribution is -2.45. The number of halogens is 1. The number of aliphatic carboxylic acids is 1. The highest BCUT2D eigenvalue weighted by atomic mass is 35.5. The molecule has 0 aliphatic rings. The highest BCUT2D eigenvalue weighted by Crippen LogP contribution is 2.23. The average molecular weight is 298 g/mol. The molecular weight excluding hydrogens is 274 g/mol. The number of benzene rings is 1. The number of carboxylic acid groups (broad SMARTS) is 1. The highest BCUT2D eigenvalue weighted by Gasteiger charge is 2.28. The quantitative estimate of drug-likeness (QED) is 0.765. The number of hydrogen-bond donors (Lipinski definition) is 2. The van der Waals surface area contributed by atoms with E-state index < -0.39 is 11.5 Å². The minimum atomic E-state index is -1.12. The van der Waals surface area contributed by atoms with E-state index in [9.17, 15) is 4.79 Å². The molecule has 0 aliphatic heterocycles. The minimum absolute atomic E-state index is 0.496. The van der Waals surface area contributed by atoms with Crippen LogP contribution in [0.5, 0.6) is 0 Å². The van der Waals surface area contributed by atoms with Gasteiger partial charge in [0, 0.05) is 5.02 Å². The third-order valence-corrected chi connectivity index (χ3v) is 4.10. The minimum Gasteiger partial charge on any atom is -0.480 e. The maximum absolute atomic E-state index is 11.0. The van der Waals surface area contributed by atoms with Crippen LogP contribution in [0.2, 0.25) is 5.02 Å². The van der Waals surface area contributed by atoms with E-state index in [1.165, 1.54) is 5.56 Å². The predicted octanol–water partition coefficient (Wildman–Crippen LogP) is 3.88. The van der Waals surface area contributed by atoms with E-state index in [1.807, 2.05) is 18.2 Å². The molecule has 0 saturated carbocycles. The third kappa shape index (κ3) is 5.51. The molecule has 1 aromatic carbocycles. The van der Waals surface area contributed by atoms with Gasteiger partial charge in [0.25, 0.3) is 0 Å². The van der Waals surface area contributed by atoms with Gasteiger partial charge in [-0.25, -0.2) is 0 Å². The Balaban J connectivity index is 2.46. The van der Waals surface area contributed by atoms with Gasteiger partial charge in [-0.15, -0.1) is 0 Å². The van der Waals surface area contributed by atoms with Crippen molar-refractivity contribution in [3.8, 4) is 0 Å². The molecule has 112 valence electrons. The lowest BCUT2D eigenvalue weighted by Gasteiger charge is -2.22. The van der Waals surface area contributed by atoms with Gasteiger partial charge >= 0.3 is 5.97 Å². The summed E-state index contributed by atoms with van der Waals surface area (Å²) in [7, 11) is 0. The molecule has 1 aromatic rings. The summed E-state index contributed by atoms with van der Waals surface area (Å²) < 4.78 is 0. The smallest absolute Gasteiger partial charge is 0.323 e. The van der Waals surface area contributed by atoms with Gasteiger partial charge in [-0.1, -0.05) is 37.1 Å². The van der Waals surface area contributed by atoms with Gasteiger partial charge in [0.05, 0.1) is 0 Å². The van der Waals surface area contributed by atoms with Crippen LogP contribution < -0.4 is 5.73 Å². The predicted molar refractivity (Wildman–Crippen MR) is 83.0 cm³/mol. The number of carboxylic acids is 1. The fourth-order valence-electron chi connectivity index (χ4n) is 2.23. The molecule has 2 atom stereocenters. The van der Waals surface area contributed by atoms with Gasteiger partial charge in [0.2, 0.25) is 0 Å². The zero-order valence-corrected chi connectivity index (χ0v) is 13.0. The van der Waals surface area contributed by atoms with Crippen molar-refractivity contribution in [1.29, 1.82) is 0 Å². The molecule has 0 fully saturated rings. The lowest BCUT2D eigenvalue weighted by atomic mass is 9.87. The van der Waals surface area contributed by atoms with E-state index in [0.29, 0.717) is 12.3 Å². The number of nitrogens with two attached hydrogens (primary N) is 1. The van der Waals surface area contributed by atoms with Crippen molar-refractivity contribution >= 4 is 17.6 Å². The van der Waals surface area contributed by atoms with Crippen molar-refractivity contribution in [3.05, 3.63) is 34.9 Å². The Morgan fingerprint density at radius 2 is 2.15 bits per heavy atom. The fraction of sp³-hybridized carbons (Fsp3) is 0.562. The maximum Gasteiger partial charge on any atom is 0.323 e. The highest BCUT2D eigenvalue weighted by molar-refractivity contribution is 6.30. The van der Waals surface area contributed by atoms with Crippen LogP contribution in [0.15, 0.2) is 24.3 Å². The van der Waals surface area contributed by atoms with Crippen molar-refractivity contribution in [2.45, 2.75) is 51.5 Å².